The van der Waals surface area contributed by atoms with Crippen molar-refractivity contribution in [3.8, 4) is 11.5 Å². The summed E-state index contributed by atoms with van der Waals surface area (Å²) in [5.74, 6) is -0.725. The van der Waals surface area contributed by atoms with E-state index in [2.05, 4.69) is 16.0 Å². The average molecular weight is 527 g/mol. The molecular formula is C27H34N4O7. The van der Waals surface area contributed by atoms with Gasteiger partial charge in [-0.15, -0.1) is 0 Å². The first kappa shape index (κ1) is 25.0. The summed E-state index contributed by atoms with van der Waals surface area (Å²) in [5.41, 5.74) is 0.457. The first-order valence-electron chi connectivity index (χ1n) is 13.6. The van der Waals surface area contributed by atoms with Gasteiger partial charge in [-0.3, -0.25) is 19.2 Å². The molecule has 4 N–H and O–H groups in total. The van der Waals surface area contributed by atoms with E-state index in [0.29, 0.717) is 43.0 Å². The second-order valence-electron chi connectivity index (χ2n) is 11.4. The third-order valence-corrected chi connectivity index (χ3v) is 8.63. The molecule has 5 aliphatic rings. The maximum Gasteiger partial charge on any atom is 0.254 e. The first-order chi connectivity index (χ1) is 18.3. The molecule has 1 aromatic carbocycles. The number of nitrogens with one attached hydrogen (secondary N) is 3. The molecule has 6 rings (SSSR count). The number of aliphatic hydroxyl groups excluding tert-OH is 1. The molecule has 2 saturated carbocycles. The third-order valence-electron chi connectivity index (χ3n) is 8.63. The molecule has 2 aliphatic carbocycles. The smallest absolute Gasteiger partial charge is 0.254 e. The molecule has 1 unspecified atom stereocenters. The number of hydrogen-bond donors (Lipinski definition) is 4. The maximum atomic E-state index is 13.8. The van der Waals surface area contributed by atoms with Crippen LogP contribution in [0.15, 0.2) is 18.2 Å². The molecule has 11 nitrogen and oxygen atoms in total. The number of carbonyl (C=O) groups is 4. The van der Waals surface area contributed by atoms with E-state index in [9.17, 15) is 24.3 Å². The summed E-state index contributed by atoms with van der Waals surface area (Å²) < 4.78 is 10.8. The van der Waals surface area contributed by atoms with Crippen LogP contribution in [0, 0.1) is 11.3 Å². The van der Waals surface area contributed by atoms with Gasteiger partial charge in [-0.05, 0) is 75.0 Å². The van der Waals surface area contributed by atoms with Crippen LogP contribution in [0.5, 0.6) is 11.5 Å². The maximum absolute atomic E-state index is 13.8. The number of amides is 4. The van der Waals surface area contributed by atoms with Crippen LogP contribution in [0.25, 0.3) is 0 Å². The molecule has 11 heteroatoms. The number of aliphatic hydroxyl groups is 1. The largest absolute Gasteiger partial charge is 0.454 e. The number of benzene rings is 1. The van der Waals surface area contributed by atoms with Crippen LogP contribution in [-0.2, 0) is 14.4 Å². The summed E-state index contributed by atoms with van der Waals surface area (Å²) in [7, 11) is 0. The van der Waals surface area contributed by atoms with Gasteiger partial charge in [0.2, 0.25) is 18.6 Å². The first-order valence-corrected chi connectivity index (χ1v) is 13.6. The molecule has 3 heterocycles. The van der Waals surface area contributed by atoms with Gasteiger partial charge in [0.05, 0.1) is 6.04 Å². The van der Waals surface area contributed by atoms with Gasteiger partial charge in [0.15, 0.2) is 17.6 Å². The van der Waals surface area contributed by atoms with E-state index < -0.39 is 35.9 Å². The lowest BCUT2D eigenvalue weighted by Crippen LogP contribution is -2.59. The summed E-state index contributed by atoms with van der Waals surface area (Å²) in [6, 6.07) is 3.34. The highest BCUT2D eigenvalue weighted by molar-refractivity contribution is 5.98. The van der Waals surface area contributed by atoms with Gasteiger partial charge in [-0.1, -0.05) is 0 Å². The zero-order chi connectivity index (χ0) is 26.4. The Balaban J connectivity index is 1.21. The lowest BCUT2D eigenvalue weighted by atomic mass is 9.86. The molecule has 4 atom stereocenters. The Morgan fingerprint density at radius 2 is 1.92 bits per heavy atom. The molecule has 4 fully saturated rings. The van der Waals surface area contributed by atoms with Crippen LogP contribution in [0.1, 0.15) is 61.7 Å². The van der Waals surface area contributed by atoms with E-state index in [1.165, 1.54) is 0 Å². The Morgan fingerprint density at radius 1 is 1.13 bits per heavy atom. The quantitative estimate of drug-likeness (QED) is 0.385. The van der Waals surface area contributed by atoms with Crippen LogP contribution < -0.4 is 25.4 Å². The van der Waals surface area contributed by atoms with E-state index in [1.807, 2.05) is 0 Å². The van der Waals surface area contributed by atoms with E-state index in [-0.39, 0.29) is 36.5 Å². The fourth-order valence-electron chi connectivity index (χ4n) is 5.86. The van der Waals surface area contributed by atoms with Gasteiger partial charge in [-0.2, -0.15) is 0 Å². The highest BCUT2D eigenvalue weighted by Crippen LogP contribution is 2.55. The van der Waals surface area contributed by atoms with E-state index in [1.54, 1.807) is 23.1 Å². The second-order valence-corrected chi connectivity index (χ2v) is 11.4. The van der Waals surface area contributed by atoms with E-state index >= 15 is 0 Å². The molecule has 38 heavy (non-hydrogen) atoms. The number of fused-ring (bicyclic) bond motifs is 1. The van der Waals surface area contributed by atoms with Crippen molar-refractivity contribution in [3.05, 3.63) is 23.8 Å². The minimum absolute atomic E-state index is 0.0474. The fraction of sp³-hybridized carbons (Fsp3) is 0.630. The molecular weight excluding hydrogens is 492 g/mol. The van der Waals surface area contributed by atoms with Gasteiger partial charge in [0, 0.05) is 30.6 Å². The average Bonchev–Trinajstić information content (AvgIpc) is 3.79. The molecule has 0 radical (unpaired) electrons. The topological polar surface area (TPSA) is 146 Å². The Bertz CT molecular complexity index is 1150. The zero-order valence-corrected chi connectivity index (χ0v) is 21.2. The van der Waals surface area contributed by atoms with Crippen molar-refractivity contribution in [1.82, 2.24) is 20.9 Å². The highest BCUT2D eigenvalue weighted by Gasteiger charge is 2.51. The monoisotopic (exact) mass is 526 g/mol. The molecule has 1 spiro atoms. The summed E-state index contributed by atoms with van der Waals surface area (Å²) in [6.45, 7) is 1.06. The van der Waals surface area contributed by atoms with Crippen molar-refractivity contribution in [3.63, 3.8) is 0 Å². The Hall–Kier alpha value is -3.34. The third kappa shape index (κ3) is 5.03. The predicted octanol–water partition coefficient (Wildman–Crippen LogP) is 0.451. The Labute approximate surface area is 220 Å². The van der Waals surface area contributed by atoms with Crippen LogP contribution in [-0.4, -0.2) is 77.7 Å². The zero-order valence-electron chi connectivity index (χ0n) is 21.2. The number of likely N-dealkylation sites (tertiary alicyclic amines) is 1. The summed E-state index contributed by atoms with van der Waals surface area (Å²) in [6.07, 6.45) is 4.32. The number of piperidine rings is 1. The van der Waals surface area contributed by atoms with Crippen molar-refractivity contribution >= 4 is 23.6 Å². The number of ether oxygens (including phenoxy) is 2. The Morgan fingerprint density at radius 3 is 2.63 bits per heavy atom. The number of nitrogens with zero attached hydrogens (tertiary/aromatic N) is 1. The van der Waals surface area contributed by atoms with Crippen LogP contribution in [0.2, 0.25) is 0 Å². The van der Waals surface area contributed by atoms with Crippen molar-refractivity contribution in [2.24, 2.45) is 11.3 Å². The summed E-state index contributed by atoms with van der Waals surface area (Å²) in [4.78, 5) is 54.0. The minimum atomic E-state index is -1.50. The van der Waals surface area contributed by atoms with Crippen molar-refractivity contribution in [2.45, 2.75) is 75.6 Å². The van der Waals surface area contributed by atoms with Gasteiger partial charge >= 0.3 is 0 Å². The van der Waals surface area contributed by atoms with Gasteiger partial charge in [-0.25, -0.2) is 0 Å². The molecule has 0 aromatic heterocycles. The molecule has 1 aromatic rings. The van der Waals surface area contributed by atoms with Gasteiger partial charge < -0.3 is 35.4 Å². The Kier molecular flexibility index (Phi) is 6.41. The molecule has 3 aliphatic heterocycles. The van der Waals surface area contributed by atoms with Crippen LogP contribution in [0.3, 0.4) is 0 Å². The number of carbonyl (C=O) groups excluding carboxylic acids is 4. The second kappa shape index (κ2) is 9.76. The minimum Gasteiger partial charge on any atom is -0.454 e. The SMILES string of the molecule is O=C(NC1CC1)C(O)[C@H](C[C@@H]1CCNC1=O)NC(=O)[C@@H]1CC2(CCN1C(=O)c1ccc3c(c1)OCO3)CC2. The van der Waals surface area contributed by atoms with Crippen molar-refractivity contribution < 1.29 is 33.8 Å². The predicted molar refractivity (Wildman–Crippen MR) is 133 cm³/mol. The fourth-order valence-corrected chi connectivity index (χ4v) is 5.86. The molecule has 204 valence electrons. The van der Waals surface area contributed by atoms with E-state index in [0.717, 1.165) is 32.1 Å². The van der Waals surface area contributed by atoms with Crippen molar-refractivity contribution in [1.29, 1.82) is 0 Å². The summed E-state index contributed by atoms with van der Waals surface area (Å²) in [5, 5.41) is 19.4. The molecule has 0 bridgehead atoms. The lowest BCUT2D eigenvalue weighted by Gasteiger charge is -2.40. The van der Waals surface area contributed by atoms with E-state index in [4.69, 9.17) is 9.47 Å². The number of rotatable bonds is 8. The van der Waals surface area contributed by atoms with Gasteiger partial charge in [0.25, 0.3) is 11.8 Å². The van der Waals surface area contributed by atoms with Gasteiger partial charge in [0.1, 0.15) is 6.04 Å². The normalized spacial score (nSPS) is 26.4. The molecule has 4 amide bonds. The lowest BCUT2D eigenvalue weighted by molar-refractivity contribution is -0.135. The van der Waals surface area contributed by atoms with Crippen molar-refractivity contribution in [2.75, 3.05) is 19.9 Å². The van der Waals surface area contributed by atoms with Crippen LogP contribution >= 0.6 is 0 Å². The number of hydrogen-bond acceptors (Lipinski definition) is 7. The summed E-state index contributed by atoms with van der Waals surface area (Å²) >= 11 is 0. The highest BCUT2D eigenvalue weighted by atomic mass is 16.7. The standard InChI is InChI=1S/C27H34N4O7/c32-22(25(35)29-17-2-3-17)18(11-15-5-9-28-23(15)33)30-24(34)19-13-27(6-7-27)8-10-31(19)26(36)16-1-4-20-21(12-16)38-14-37-20/h1,4,12,15,17-19,22,32H,2-3,5-11,13-14H2,(H,28,33)(H,29,35)(H,30,34)/t15-,18-,19-,22?/m0/s1. The van der Waals surface area contributed by atoms with Crippen LogP contribution in [0.4, 0.5) is 0 Å². The molecule has 2 saturated heterocycles.